The average molecular weight is 258 g/mol. The van der Waals surface area contributed by atoms with Gasteiger partial charge >= 0.3 is 0 Å². The van der Waals surface area contributed by atoms with Crippen molar-refractivity contribution in [2.75, 3.05) is 12.3 Å². The molecule has 5 heteroatoms. The maximum Gasteiger partial charge on any atom is 0.292 e. The Morgan fingerprint density at radius 3 is 2.68 bits per heavy atom. The second kappa shape index (κ2) is 5.39. The van der Waals surface area contributed by atoms with Crippen LogP contribution in [0.1, 0.15) is 6.92 Å². The van der Waals surface area contributed by atoms with E-state index >= 15 is 0 Å². The Morgan fingerprint density at radius 2 is 2.00 bits per heavy atom. The molecule has 0 unspecified atom stereocenters. The van der Waals surface area contributed by atoms with Gasteiger partial charge in [-0.25, -0.2) is 0 Å². The third-order valence-electron chi connectivity index (χ3n) is 2.73. The number of nitro groups is 1. The Bertz CT molecular complexity index is 611. The molecule has 0 radical (unpaired) electrons. The summed E-state index contributed by atoms with van der Waals surface area (Å²) in [5.74, 6) is 0.698. The first-order valence-electron chi connectivity index (χ1n) is 5.89. The normalized spacial score (nSPS) is 10.2. The maximum absolute atomic E-state index is 10.9. The summed E-state index contributed by atoms with van der Waals surface area (Å²) in [6, 6.07) is 12.2. The molecule has 0 amide bonds. The third kappa shape index (κ3) is 2.65. The van der Waals surface area contributed by atoms with Crippen molar-refractivity contribution in [3.63, 3.8) is 0 Å². The standard InChI is InChI=1S/C14H14N2O3/c1-2-19-14-6-4-3-5-11(14)10-7-8-12(15)13(9-10)16(17)18/h3-9H,2,15H2,1H3. The van der Waals surface area contributed by atoms with Crippen LogP contribution in [0.5, 0.6) is 5.75 Å². The number of ether oxygens (including phenoxy) is 1. The fraction of sp³-hybridized carbons (Fsp3) is 0.143. The monoisotopic (exact) mass is 258 g/mol. The first-order valence-corrected chi connectivity index (χ1v) is 5.89. The number of hydrogen-bond donors (Lipinski definition) is 1. The van der Waals surface area contributed by atoms with Crippen LogP contribution in [0, 0.1) is 10.1 Å². The summed E-state index contributed by atoms with van der Waals surface area (Å²) in [7, 11) is 0. The molecule has 2 aromatic carbocycles. The van der Waals surface area contributed by atoms with Gasteiger partial charge in [0.05, 0.1) is 11.5 Å². The smallest absolute Gasteiger partial charge is 0.292 e. The molecule has 2 aromatic rings. The van der Waals surface area contributed by atoms with Crippen molar-refractivity contribution < 1.29 is 9.66 Å². The number of nitro benzene ring substituents is 1. The number of nitrogen functional groups attached to an aromatic ring is 1. The highest BCUT2D eigenvalue weighted by atomic mass is 16.6. The van der Waals surface area contributed by atoms with Crippen molar-refractivity contribution in [1.29, 1.82) is 0 Å². The van der Waals surface area contributed by atoms with Gasteiger partial charge in [-0.1, -0.05) is 24.3 Å². The van der Waals surface area contributed by atoms with Gasteiger partial charge in [-0.2, -0.15) is 0 Å². The van der Waals surface area contributed by atoms with Crippen LogP contribution in [0.25, 0.3) is 11.1 Å². The SMILES string of the molecule is CCOc1ccccc1-c1ccc(N)c([N+](=O)[O-])c1. The summed E-state index contributed by atoms with van der Waals surface area (Å²) in [4.78, 5) is 10.4. The highest BCUT2D eigenvalue weighted by Crippen LogP contribution is 2.34. The minimum Gasteiger partial charge on any atom is -0.493 e. The van der Waals surface area contributed by atoms with E-state index in [0.29, 0.717) is 17.9 Å². The van der Waals surface area contributed by atoms with Crippen molar-refractivity contribution in [2.45, 2.75) is 6.92 Å². The molecule has 2 rings (SSSR count). The summed E-state index contributed by atoms with van der Waals surface area (Å²) < 4.78 is 5.52. The molecule has 0 fully saturated rings. The van der Waals surface area contributed by atoms with E-state index in [2.05, 4.69) is 0 Å². The number of benzene rings is 2. The van der Waals surface area contributed by atoms with Crippen molar-refractivity contribution in [1.82, 2.24) is 0 Å². The summed E-state index contributed by atoms with van der Waals surface area (Å²) in [6.45, 7) is 2.43. The van der Waals surface area contributed by atoms with Gasteiger partial charge in [-0.15, -0.1) is 0 Å². The fourth-order valence-electron chi connectivity index (χ4n) is 1.86. The second-order valence-electron chi connectivity index (χ2n) is 3.96. The van der Waals surface area contributed by atoms with Crippen molar-refractivity contribution in [3.05, 3.63) is 52.6 Å². The lowest BCUT2D eigenvalue weighted by Gasteiger charge is -2.10. The van der Waals surface area contributed by atoms with Crippen LogP contribution < -0.4 is 10.5 Å². The van der Waals surface area contributed by atoms with Crippen LogP contribution >= 0.6 is 0 Å². The lowest BCUT2D eigenvalue weighted by atomic mass is 10.0. The molecule has 0 bridgehead atoms. The van der Waals surface area contributed by atoms with E-state index in [1.807, 2.05) is 31.2 Å². The van der Waals surface area contributed by atoms with Gasteiger partial charge in [-0.05, 0) is 24.6 Å². The molecule has 2 N–H and O–H groups in total. The molecule has 0 saturated carbocycles. The van der Waals surface area contributed by atoms with Gasteiger partial charge in [0.2, 0.25) is 0 Å². The number of anilines is 1. The Kier molecular flexibility index (Phi) is 3.66. The minimum absolute atomic E-state index is 0.0937. The van der Waals surface area contributed by atoms with Crippen LogP contribution in [0.4, 0.5) is 11.4 Å². The quantitative estimate of drug-likeness (QED) is 0.518. The Morgan fingerprint density at radius 1 is 1.26 bits per heavy atom. The van der Waals surface area contributed by atoms with Gasteiger partial charge in [-0.3, -0.25) is 10.1 Å². The van der Waals surface area contributed by atoms with Gasteiger partial charge in [0.1, 0.15) is 11.4 Å². The number of nitrogens with two attached hydrogens (primary N) is 1. The Balaban J connectivity index is 2.53. The minimum atomic E-state index is -0.484. The summed E-state index contributed by atoms with van der Waals surface area (Å²) in [5.41, 5.74) is 7.18. The van der Waals surface area contributed by atoms with Crippen LogP contribution in [0.3, 0.4) is 0 Å². The molecule has 0 aliphatic carbocycles. The van der Waals surface area contributed by atoms with E-state index < -0.39 is 4.92 Å². The molecule has 0 aliphatic rings. The van der Waals surface area contributed by atoms with E-state index in [0.717, 1.165) is 5.56 Å². The van der Waals surface area contributed by atoms with E-state index in [-0.39, 0.29) is 11.4 Å². The van der Waals surface area contributed by atoms with Crippen molar-refractivity contribution in [2.24, 2.45) is 0 Å². The molecule has 0 saturated heterocycles. The number of hydrogen-bond acceptors (Lipinski definition) is 4. The topological polar surface area (TPSA) is 78.4 Å². The highest BCUT2D eigenvalue weighted by molar-refractivity contribution is 5.76. The predicted octanol–water partition coefficient (Wildman–Crippen LogP) is 3.24. The maximum atomic E-state index is 10.9. The van der Waals surface area contributed by atoms with Crippen LogP contribution in [-0.4, -0.2) is 11.5 Å². The number of nitrogens with zero attached hydrogens (tertiary/aromatic N) is 1. The third-order valence-corrected chi connectivity index (χ3v) is 2.73. The Labute approximate surface area is 110 Å². The summed E-state index contributed by atoms with van der Waals surface area (Å²) in [5, 5.41) is 10.9. The fourth-order valence-corrected chi connectivity index (χ4v) is 1.86. The molecule has 5 nitrogen and oxygen atoms in total. The zero-order chi connectivity index (χ0) is 13.8. The van der Waals surface area contributed by atoms with Gasteiger partial charge in [0.15, 0.2) is 0 Å². The van der Waals surface area contributed by atoms with Gasteiger partial charge < -0.3 is 10.5 Å². The van der Waals surface area contributed by atoms with Gasteiger partial charge in [0.25, 0.3) is 5.69 Å². The van der Waals surface area contributed by atoms with Crippen LogP contribution in [-0.2, 0) is 0 Å². The largest absolute Gasteiger partial charge is 0.493 e. The van der Waals surface area contributed by atoms with Crippen LogP contribution in [0.15, 0.2) is 42.5 Å². The molecular formula is C14H14N2O3. The lowest BCUT2D eigenvalue weighted by molar-refractivity contribution is -0.383. The zero-order valence-corrected chi connectivity index (χ0v) is 10.5. The molecule has 0 aromatic heterocycles. The average Bonchev–Trinajstić information content (AvgIpc) is 2.40. The molecular weight excluding hydrogens is 244 g/mol. The lowest BCUT2D eigenvalue weighted by Crippen LogP contribution is -1.97. The molecule has 0 atom stereocenters. The second-order valence-corrected chi connectivity index (χ2v) is 3.96. The summed E-state index contributed by atoms with van der Waals surface area (Å²) >= 11 is 0. The molecule has 19 heavy (non-hydrogen) atoms. The molecule has 0 spiro atoms. The predicted molar refractivity (Wildman–Crippen MR) is 74.1 cm³/mol. The molecule has 0 aliphatic heterocycles. The van der Waals surface area contributed by atoms with Crippen molar-refractivity contribution in [3.8, 4) is 16.9 Å². The highest BCUT2D eigenvalue weighted by Gasteiger charge is 2.14. The number of para-hydroxylation sites is 1. The summed E-state index contributed by atoms with van der Waals surface area (Å²) in [6.07, 6.45) is 0. The Hall–Kier alpha value is -2.56. The van der Waals surface area contributed by atoms with E-state index in [1.54, 1.807) is 6.07 Å². The van der Waals surface area contributed by atoms with E-state index in [1.165, 1.54) is 12.1 Å². The van der Waals surface area contributed by atoms with E-state index in [4.69, 9.17) is 10.5 Å². The van der Waals surface area contributed by atoms with Crippen molar-refractivity contribution >= 4 is 11.4 Å². The molecule has 98 valence electrons. The first kappa shape index (κ1) is 12.9. The van der Waals surface area contributed by atoms with Crippen LogP contribution in [0.2, 0.25) is 0 Å². The number of rotatable bonds is 4. The van der Waals surface area contributed by atoms with Gasteiger partial charge in [0, 0.05) is 11.6 Å². The van der Waals surface area contributed by atoms with E-state index in [9.17, 15) is 10.1 Å². The first-order chi connectivity index (χ1) is 9.13. The zero-order valence-electron chi connectivity index (χ0n) is 10.5. The molecule has 0 heterocycles.